The van der Waals surface area contributed by atoms with Crippen LogP contribution in [0, 0.1) is 20.8 Å². The molecule has 0 spiro atoms. The van der Waals surface area contributed by atoms with Gasteiger partial charge in [-0.05, 0) is 39.7 Å². The highest BCUT2D eigenvalue weighted by atomic mass is 16.2. The van der Waals surface area contributed by atoms with E-state index < -0.39 is 0 Å². The van der Waals surface area contributed by atoms with Crippen molar-refractivity contribution in [1.29, 1.82) is 0 Å². The zero-order valence-electron chi connectivity index (χ0n) is 12.8. The van der Waals surface area contributed by atoms with Crippen molar-refractivity contribution >= 4 is 5.91 Å². The van der Waals surface area contributed by atoms with Crippen LogP contribution in [0.4, 0.5) is 0 Å². The minimum Gasteiger partial charge on any atom is -0.344 e. The Balaban J connectivity index is 1.75. The van der Waals surface area contributed by atoms with Crippen LogP contribution in [0.5, 0.6) is 0 Å². The van der Waals surface area contributed by atoms with Crippen LogP contribution in [-0.2, 0) is 11.3 Å². The highest BCUT2D eigenvalue weighted by Crippen LogP contribution is 2.30. The molecule has 6 nitrogen and oxygen atoms in total. The number of rotatable bonds is 3. The van der Waals surface area contributed by atoms with Crippen LogP contribution in [0.2, 0.25) is 0 Å². The Bertz CT molecular complexity index is 657. The molecule has 3 rings (SSSR count). The predicted molar refractivity (Wildman–Crippen MR) is 78.7 cm³/mol. The topological polar surface area (TPSA) is 66.8 Å². The van der Waals surface area contributed by atoms with Gasteiger partial charge < -0.3 is 9.88 Å². The molecule has 1 atom stereocenters. The van der Waals surface area contributed by atoms with Crippen LogP contribution in [0.3, 0.4) is 0 Å². The van der Waals surface area contributed by atoms with Gasteiger partial charge in [0.05, 0.1) is 11.7 Å². The number of aryl methyl sites for hydroxylation is 3. The molecule has 21 heavy (non-hydrogen) atoms. The summed E-state index contributed by atoms with van der Waals surface area (Å²) >= 11 is 0. The molecule has 1 fully saturated rings. The Labute approximate surface area is 124 Å². The van der Waals surface area contributed by atoms with Crippen LogP contribution in [-0.4, -0.2) is 37.1 Å². The summed E-state index contributed by atoms with van der Waals surface area (Å²) in [6, 6.07) is 2.06. The van der Waals surface area contributed by atoms with Gasteiger partial charge in [0.25, 0.3) is 0 Å². The van der Waals surface area contributed by atoms with Crippen LogP contribution >= 0.6 is 0 Å². The van der Waals surface area contributed by atoms with Crippen LogP contribution in [0.25, 0.3) is 0 Å². The van der Waals surface area contributed by atoms with E-state index in [0.29, 0.717) is 6.54 Å². The fraction of sp³-hybridized carbons (Fsp3) is 0.533. The summed E-state index contributed by atoms with van der Waals surface area (Å²) in [5.41, 5.74) is 2.99. The molecule has 1 N–H and O–H groups in total. The zero-order valence-corrected chi connectivity index (χ0v) is 12.8. The largest absolute Gasteiger partial charge is 0.344 e. The smallest absolute Gasteiger partial charge is 0.244 e. The second kappa shape index (κ2) is 5.35. The molecule has 0 aliphatic carbocycles. The van der Waals surface area contributed by atoms with Gasteiger partial charge in [-0.15, -0.1) is 0 Å². The average molecular weight is 287 g/mol. The van der Waals surface area contributed by atoms with Crippen LogP contribution in [0.1, 0.15) is 41.8 Å². The third-order valence-corrected chi connectivity index (χ3v) is 4.00. The molecule has 0 saturated carbocycles. The Hall–Kier alpha value is -2.11. The van der Waals surface area contributed by atoms with E-state index in [1.807, 2.05) is 37.9 Å². The van der Waals surface area contributed by atoms with Gasteiger partial charge in [-0.1, -0.05) is 0 Å². The van der Waals surface area contributed by atoms with Crippen molar-refractivity contribution in [3.05, 3.63) is 35.2 Å². The fourth-order valence-corrected chi connectivity index (χ4v) is 3.01. The van der Waals surface area contributed by atoms with Gasteiger partial charge in [-0.25, -0.2) is 4.98 Å². The average Bonchev–Trinajstić information content (AvgIpc) is 3.10. The predicted octanol–water partition coefficient (Wildman–Crippen LogP) is 1.90. The number of imidazole rings is 1. The molecule has 0 aromatic carbocycles. The first-order valence-corrected chi connectivity index (χ1v) is 7.36. The molecule has 1 amide bonds. The van der Waals surface area contributed by atoms with E-state index >= 15 is 0 Å². The molecular formula is C15H21N5O. The highest BCUT2D eigenvalue weighted by molar-refractivity contribution is 5.76. The van der Waals surface area contributed by atoms with Gasteiger partial charge in [0.1, 0.15) is 12.4 Å². The second-order valence-electron chi connectivity index (χ2n) is 5.78. The summed E-state index contributed by atoms with van der Waals surface area (Å²) in [4.78, 5) is 22.2. The summed E-state index contributed by atoms with van der Waals surface area (Å²) in [5, 5.41) is 4.37. The van der Waals surface area contributed by atoms with E-state index in [4.69, 9.17) is 0 Å². The Morgan fingerprint density at radius 2 is 2.24 bits per heavy atom. The Morgan fingerprint density at radius 3 is 2.86 bits per heavy atom. The van der Waals surface area contributed by atoms with E-state index in [-0.39, 0.29) is 11.9 Å². The summed E-state index contributed by atoms with van der Waals surface area (Å²) in [5.74, 6) is 1.00. The summed E-state index contributed by atoms with van der Waals surface area (Å²) in [6.45, 7) is 6.99. The summed E-state index contributed by atoms with van der Waals surface area (Å²) < 4.78 is 1.78. The van der Waals surface area contributed by atoms with Gasteiger partial charge in [0.2, 0.25) is 5.91 Å². The van der Waals surface area contributed by atoms with Gasteiger partial charge in [-0.3, -0.25) is 9.48 Å². The van der Waals surface area contributed by atoms with Crippen molar-refractivity contribution in [2.75, 3.05) is 6.54 Å². The minimum absolute atomic E-state index is 0.0724. The van der Waals surface area contributed by atoms with Crippen molar-refractivity contribution in [3.8, 4) is 0 Å². The van der Waals surface area contributed by atoms with E-state index in [1.54, 1.807) is 4.68 Å². The Morgan fingerprint density at radius 1 is 1.43 bits per heavy atom. The van der Waals surface area contributed by atoms with Crippen molar-refractivity contribution < 1.29 is 4.79 Å². The quantitative estimate of drug-likeness (QED) is 0.937. The van der Waals surface area contributed by atoms with Crippen molar-refractivity contribution in [2.45, 2.75) is 46.2 Å². The molecule has 2 aromatic heterocycles. The van der Waals surface area contributed by atoms with Crippen LogP contribution < -0.4 is 0 Å². The van der Waals surface area contributed by atoms with Gasteiger partial charge in [0.15, 0.2) is 0 Å². The molecule has 0 radical (unpaired) electrons. The number of nitrogens with one attached hydrogen (secondary N) is 1. The highest BCUT2D eigenvalue weighted by Gasteiger charge is 2.31. The van der Waals surface area contributed by atoms with Crippen LogP contribution in [0.15, 0.2) is 12.3 Å². The molecule has 6 heteroatoms. The second-order valence-corrected chi connectivity index (χ2v) is 5.78. The maximum absolute atomic E-state index is 12.6. The standard InChI is InChI=1S/C15H21N5O/c1-10-7-12(3)20(18-10)9-14(21)19-6-4-5-13(19)15-16-8-11(2)17-15/h7-8,13H,4-6,9H2,1-3H3,(H,16,17). The maximum Gasteiger partial charge on any atom is 0.244 e. The molecule has 1 aliphatic heterocycles. The van der Waals surface area contributed by atoms with Crippen molar-refractivity contribution in [1.82, 2.24) is 24.6 Å². The fourth-order valence-electron chi connectivity index (χ4n) is 3.01. The third kappa shape index (κ3) is 2.70. The number of aromatic nitrogens is 4. The minimum atomic E-state index is 0.0724. The number of aromatic amines is 1. The van der Waals surface area contributed by atoms with E-state index in [9.17, 15) is 4.79 Å². The lowest BCUT2D eigenvalue weighted by atomic mass is 10.2. The third-order valence-electron chi connectivity index (χ3n) is 4.00. The summed E-state index contributed by atoms with van der Waals surface area (Å²) in [6.07, 6.45) is 3.81. The number of nitrogens with zero attached hydrogens (tertiary/aromatic N) is 4. The van der Waals surface area contributed by atoms with Crippen molar-refractivity contribution in [2.24, 2.45) is 0 Å². The molecule has 112 valence electrons. The van der Waals surface area contributed by atoms with Gasteiger partial charge in [0, 0.05) is 24.1 Å². The number of hydrogen-bond acceptors (Lipinski definition) is 3. The molecule has 2 aromatic rings. The maximum atomic E-state index is 12.6. The van der Waals surface area contributed by atoms with E-state index in [1.165, 1.54) is 0 Å². The van der Waals surface area contributed by atoms with E-state index in [2.05, 4.69) is 15.1 Å². The lowest BCUT2D eigenvalue weighted by molar-refractivity contribution is -0.133. The number of likely N-dealkylation sites (tertiary alicyclic amines) is 1. The molecule has 1 aliphatic rings. The molecule has 1 saturated heterocycles. The molecular weight excluding hydrogens is 266 g/mol. The number of H-pyrrole nitrogens is 1. The first-order chi connectivity index (χ1) is 10.0. The number of hydrogen-bond donors (Lipinski definition) is 1. The normalized spacial score (nSPS) is 18.4. The zero-order chi connectivity index (χ0) is 15.0. The first kappa shape index (κ1) is 13.9. The molecule has 3 heterocycles. The number of amides is 1. The lowest BCUT2D eigenvalue weighted by Gasteiger charge is -2.23. The molecule has 0 bridgehead atoms. The Kier molecular flexibility index (Phi) is 3.53. The molecule has 1 unspecified atom stereocenters. The van der Waals surface area contributed by atoms with Gasteiger partial charge in [-0.2, -0.15) is 5.10 Å². The van der Waals surface area contributed by atoms with Gasteiger partial charge >= 0.3 is 0 Å². The number of carbonyl (C=O) groups excluding carboxylic acids is 1. The van der Waals surface area contributed by atoms with Crippen molar-refractivity contribution in [3.63, 3.8) is 0 Å². The van der Waals surface area contributed by atoms with E-state index in [0.717, 1.165) is 42.3 Å². The SMILES string of the molecule is Cc1cc(C)n(CC(=O)N2CCCC2c2ncc(C)[nH]2)n1. The monoisotopic (exact) mass is 287 g/mol. The number of carbonyl (C=O) groups is 1. The summed E-state index contributed by atoms with van der Waals surface area (Å²) in [7, 11) is 0. The lowest BCUT2D eigenvalue weighted by Crippen LogP contribution is -2.34. The first-order valence-electron chi connectivity index (χ1n) is 7.36.